The van der Waals surface area contributed by atoms with E-state index in [9.17, 15) is 24.3 Å². The van der Waals surface area contributed by atoms with Crippen molar-refractivity contribution in [2.45, 2.75) is 69.2 Å². The molecule has 1 aromatic carbocycles. The third-order valence-corrected chi connectivity index (χ3v) is 8.85. The molecule has 0 spiro atoms. The van der Waals surface area contributed by atoms with Crippen LogP contribution in [-0.2, 0) is 28.7 Å². The standard InChI is InChI=1S/C30H44N4O8/c1-19(32-24(35)17-34-12-14-41-15-13-34)27(38)33-30(28(31)39,25(36)21-8-10-22(40-3)11-9-21)23(16-20-6-4-5-7-20)26(37)29(2)18-42-29/h8-11,19-20,23,25,36H,4-7,12-18H2,1-3H3,(H2,31,39)(H,32,35)(H,33,38)/t19-,23+,25?,29+,30?/m0/s1. The highest BCUT2D eigenvalue weighted by Gasteiger charge is 2.61. The number of morpholine rings is 1. The number of nitrogens with zero attached hydrogens (tertiary/aromatic N) is 1. The zero-order valence-corrected chi connectivity index (χ0v) is 24.7. The quantitative estimate of drug-likeness (QED) is 0.225. The molecule has 3 aliphatic rings. The lowest BCUT2D eigenvalue weighted by Crippen LogP contribution is -2.69. The molecule has 12 nitrogen and oxygen atoms in total. The van der Waals surface area contributed by atoms with Crippen LogP contribution >= 0.6 is 0 Å². The summed E-state index contributed by atoms with van der Waals surface area (Å²) < 4.78 is 16.0. The van der Waals surface area contributed by atoms with E-state index in [1.807, 2.05) is 4.90 Å². The monoisotopic (exact) mass is 588 g/mol. The summed E-state index contributed by atoms with van der Waals surface area (Å²) in [5.41, 5.74) is 2.98. The molecule has 4 rings (SSSR count). The van der Waals surface area contributed by atoms with Crippen LogP contribution in [0.15, 0.2) is 24.3 Å². The Morgan fingerprint density at radius 1 is 1.17 bits per heavy atom. The molecule has 0 radical (unpaired) electrons. The van der Waals surface area contributed by atoms with Gasteiger partial charge in [0, 0.05) is 13.1 Å². The minimum absolute atomic E-state index is 0.0783. The number of rotatable bonds is 14. The number of nitrogens with one attached hydrogen (secondary N) is 2. The summed E-state index contributed by atoms with van der Waals surface area (Å²) in [6, 6.07) is 5.26. The van der Waals surface area contributed by atoms with Crippen LogP contribution in [-0.4, -0.2) is 97.3 Å². The van der Waals surface area contributed by atoms with Gasteiger partial charge in [-0.1, -0.05) is 37.8 Å². The number of methoxy groups -OCH3 is 1. The van der Waals surface area contributed by atoms with E-state index in [0.717, 1.165) is 25.7 Å². The average molecular weight is 589 g/mol. The number of aliphatic hydroxyl groups is 1. The van der Waals surface area contributed by atoms with Crippen molar-refractivity contribution in [2.24, 2.45) is 17.6 Å². The summed E-state index contributed by atoms with van der Waals surface area (Å²) >= 11 is 0. The van der Waals surface area contributed by atoms with Crippen molar-refractivity contribution in [1.29, 1.82) is 0 Å². The zero-order chi connectivity index (χ0) is 30.5. The highest BCUT2D eigenvalue weighted by Crippen LogP contribution is 2.44. The summed E-state index contributed by atoms with van der Waals surface area (Å²) in [5.74, 6) is -3.13. The SMILES string of the molecule is COc1ccc(C(O)C(NC(=O)[C@H](C)NC(=O)CN2CCOCC2)(C(N)=O)[C@H](CC2CCCC2)C(=O)[C@@]2(C)CO2)cc1. The Balaban J connectivity index is 1.67. The van der Waals surface area contributed by atoms with Gasteiger partial charge in [-0.3, -0.25) is 24.1 Å². The van der Waals surface area contributed by atoms with Gasteiger partial charge in [0.15, 0.2) is 11.3 Å². The van der Waals surface area contributed by atoms with Gasteiger partial charge >= 0.3 is 0 Å². The number of carbonyl (C=O) groups is 4. The van der Waals surface area contributed by atoms with Gasteiger partial charge in [0.05, 0.1) is 39.4 Å². The third kappa shape index (κ3) is 7.11. The topological polar surface area (TPSA) is 173 Å². The maximum Gasteiger partial charge on any atom is 0.247 e. The Hall–Kier alpha value is -3.06. The van der Waals surface area contributed by atoms with Gasteiger partial charge in [0.25, 0.3) is 0 Å². The van der Waals surface area contributed by atoms with E-state index in [0.29, 0.717) is 32.1 Å². The van der Waals surface area contributed by atoms with E-state index in [1.165, 1.54) is 14.0 Å². The number of ether oxygens (including phenoxy) is 3. The maximum absolute atomic E-state index is 14.1. The van der Waals surface area contributed by atoms with Crippen LogP contribution < -0.4 is 21.1 Å². The highest BCUT2D eigenvalue weighted by molar-refractivity contribution is 6.02. The lowest BCUT2D eigenvalue weighted by atomic mass is 9.68. The molecule has 2 heterocycles. The molecule has 1 aromatic rings. The van der Waals surface area contributed by atoms with Crippen LogP contribution in [0.2, 0.25) is 0 Å². The van der Waals surface area contributed by atoms with E-state index in [4.69, 9.17) is 19.9 Å². The van der Waals surface area contributed by atoms with Gasteiger partial charge < -0.3 is 35.7 Å². The first kappa shape index (κ1) is 31.9. The molecule has 3 fully saturated rings. The highest BCUT2D eigenvalue weighted by atomic mass is 16.6. The van der Waals surface area contributed by atoms with Crippen molar-refractivity contribution < 1.29 is 38.5 Å². The largest absolute Gasteiger partial charge is 0.497 e. The van der Waals surface area contributed by atoms with Crippen molar-refractivity contribution in [3.8, 4) is 5.75 Å². The predicted molar refractivity (Wildman–Crippen MR) is 152 cm³/mol. The minimum atomic E-state index is -2.22. The Morgan fingerprint density at radius 2 is 1.79 bits per heavy atom. The molecule has 2 unspecified atom stereocenters. The molecular weight excluding hydrogens is 544 g/mol. The molecule has 5 atom stereocenters. The van der Waals surface area contributed by atoms with Crippen LogP contribution in [0, 0.1) is 11.8 Å². The number of hydrogen-bond acceptors (Lipinski definition) is 9. The second kappa shape index (κ2) is 13.5. The van der Waals surface area contributed by atoms with Crippen LogP contribution in [0.4, 0.5) is 0 Å². The molecule has 0 bridgehead atoms. The van der Waals surface area contributed by atoms with Gasteiger partial charge in [-0.2, -0.15) is 0 Å². The van der Waals surface area contributed by atoms with Gasteiger partial charge in [-0.25, -0.2) is 0 Å². The van der Waals surface area contributed by atoms with Crippen molar-refractivity contribution in [2.75, 3.05) is 46.6 Å². The number of nitrogens with two attached hydrogens (primary N) is 1. The molecule has 5 N–H and O–H groups in total. The predicted octanol–water partition coefficient (Wildman–Crippen LogP) is 0.460. The van der Waals surface area contributed by atoms with Crippen molar-refractivity contribution in [3.05, 3.63) is 29.8 Å². The van der Waals surface area contributed by atoms with Crippen LogP contribution in [0.5, 0.6) is 5.75 Å². The molecule has 2 aliphatic heterocycles. The van der Waals surface area contributed by atoms with Crippen LogP contribution in [0.25, 0.3) is 0 Å². The molecule has 1 saturated carbocycles. The Bertz CT molecular complexity index is 1130. The van der Waals surface area contributed by atoms with Gasteiger partial charge in [0.2, 0.25) is 17.7 Å². The van der Waals surface area contributed by atoms with Crippen molar-refractivity contribution >= 4 is 23.5 Å². The van der Waals surface area contributed by atoms with Crippen molar-refractivity contribution in [1.82, 2.24) is 15.5 Å². The fourth-order valence-corrected chi connectivity index (χ4v) is 6.09. The number of Topliss-reactive ketones (excluding diaryl/α,β-unsaturated/α-hetero) is 1. The Morgan fingerprint density at radius 3 is 2.33 bits per heavy atom. The number of aliphatic hydroxyl groups excluding tert-OH is 1. The fourth-order valence-electron chi connectivity index (χ4n) is 6.09. The second-order valence-electron chi connectivity index (χ2n) is 11.9. The molecule has 12 heteroatoms. The average Bonchev–Trinajstić information content (AvgIpc) is 3.52. The van der Waals surface area contributed by atoms with Crippen molar-refractivity contribution in [3.63, 3.8) is 0 Å². The van der Waals surface area contributed by atoms with Crippen LogP contribution in [0.3, 0.4) is 0 Å². The summed E-state index contributed by atoms with van der Waals surface area (Å²) in [5, 5.41) is 17.3. The number of hydrogen-bond donors (Lipinski definition) is 4. The first-order chi connectivity index (χ1) is 20.0. The molecule has 3 amide bonds. The number of ketones is 1. The van der Waals surface area contributed by atoms with E-state index < -0.39 is 46.8 Å². The molecule has 42 heavy (non-hydrogen) atoms. The molecule has 232 valence electrons. The first-order valence-electron chi connectivity index (χ1n) is 14.7. The second-order valence-corrected chi connectivity index (χ2v) is 11.9. The Labute approximate surface area is 246 Å². The molecule has 0 aromatic heterocycles. The first-order valence-corrected chi connectivity index (χ1v) is 14.7. The summed E-state index contributed by atoms with van der Waals surface area (Å²) in [4.78, 5) is 56.0. The number of benzene rings is 1. The zero-order valence-electron chi connectivity index (χ0n) is 24.7. The van der Waals surface area contributed by atoms with Crippen LogP contribution in [0.1, 0.15) is 57.6 Å². The van der Waals surface area contributed by atoms with E-state index >= 15 is 0 Å². The van der Waals surface area contributed by atoms with E-state index in [-0.39, 0.29) is 37.0 Å². The number of amides is 3. The van der Waals surface area contributed by atoms with Gasteiger partial charge in [-0.05, 0) is 43.9 Å². The Kier molecular flexibility index (Phi) is 10.2. The summed E-state index contributed by atoms with van der Waals surface area (Å²) in [7, 11) is 1.50. The molecule has 1 aliphatic carbocycles. The number of primary amides is 1. The summed E-state index contributed by atoms with van der Waals surface area (Å²) in [6.45, 7) is 5.60. The summed E-state index contributed by atoms with van der Waals surface area (Å²) in [6.07, 6.45) is 2.25. The van der Waals surface area contributed by atoms with Gasteiger partial charge in [-0.15, -0.1) is 0 Å². The smallest absolute Gasteiger partial charge is 0.247 e. The number of epoxide rings is 1. The molecule has 2 saturated heterocycles. The van der Waals surface area contributed by atoms with E-state index in [1.54, 1.807) is 31.2 Å². The third-order valence-electron chi connectivity index (χ3n) is 8.85. The normalized spacial score (nSPS) is 24.6. The van der Waals surface area contributed by atoms with Gasteiger partial charge in [0.1, 0.15) is 23.5 Å². The lowest BCUT2D eigenvalue weighted by Gasteiger charge is -2.43. The number of carbonyl (C=O) groups excluding carboxylic acids is 4. The molecular formula is C30H44N4O8. The maximum atomic E-state index is 14.1. The lowest BCUT2D eigenvalue weighted by molar-refractivity contribution is -0.149. The van der Waals surface area contributed by atoms with E-state index in [2.05, 4.69) is 10.6 Å². The fraction of sp³-hybridized carbons (Fsp3) is 0.667. The minimum Gasteiger partial charge on any atom is -0.497 e.